The van der Waals surface area contributed by atoms with Gasteiger partial charge in [0.25, 0.3) is 5.91 Å². The Kier molecular flexibility index (Phi) is 6.60. The van der Waals surface area contributed by atoms with Crippen molar-refractivity contribution in [2.24, 2.45) is 5.73 Å². The zero-order chi connectivity index (χ0) is 17.6. The second kappa shape index (κ2) is 7.99. The van der Waals surface area contributed by atoms with Gasteiger partial charge in [0.1, 0.15) is 0 Å². The van der Waals surface area contributed by atoms with E-state index in [4.69, 9.17) is 17.3 Å². The Labute approximate surface area is 136 Å². The summed E-state index contributed by atoms with van der Waals surface area (Å²) in [5.74, 6) is -0.767. The van der Waals surface area contributed by atoms with Gasteiger partial charge in [0.2, 0.25) is 0 Å². The Morgan fingerprint density at radius 2 is 1.61 bits per heavy atom. The highest BCUT2D eigenvalue weighted by Gasteiger charge is 2.17. The quantitative estimate of drug-likeness (QED) is 0.879. The Morgan fingerprint density at radius 3 is 2.09 bits per heavy atom. The number of primary amides is 1. The summed E-state index contributed by atoms with van der Waals surface area (Å²) < 4.78 is 31.1. The van der Waals surface area contributed by atoms with Gasteiger partial charge in [-0.25, -0.2) is 0 Å². The lowest BCUT2D eigenvalue weighted by atomic mass is 9.96. The van der Waals surface area contributed by atoms with Crippen LogP contribution in [0.1, 0.15) is 18.6 Å². The summed E-state index contributed by atoms with van der Waals surface area (Å²) in [6.45, 7) is 0.188. The van der Waals surface area contributed by atoms with Gasteiger partial charge in [0.15, 0.2) is 6.10 Å². The van der Waals surface area contributed by atoms with Gasteiger partial charge in [-0.15, -0.1) is 0 Å². The summed E-state index contributed by atoms with van der Waals surface area (Å²) in [6, 6.07) is 14.3. The summed E-state index contributed by atoms with van der Waals surface area (Å²) >= 11 is 5.83. The van der Waals surface area contributed by atoms with Crippen LogP contribution in [-0.4, -0.2) is 17.2 Å². The van der Waals surface area contributed by atoms with E-state index in [9.17, 15) is 23.1 Å². The molecular formula is C16H15ClF3NO2. The zero-order valence-electron chi connectivity index (χ0n) is 12.1. The number of halogens is 4. The first kappa shape index (κ1) is 19.0. The van der Waals surface area contributed by atoms with Crippen molar-refractivity contribution in [3.63, 3.8) is 0 Å². The van der Waals surface area contributed by atoms with E-state index >= 15 is 0 Å². The molecule has 3 nitrogen and oxygen atoms in total. The number of aliphatic hydroxyl groups excluding tert-OH is 1. The number of nitrogens with two attached hydrogens (primary N) is 1. The molecule has 2 aromatic rings. The fourth-order valence-electron chi connectivity index (χ4n) is 1.78. The van der Waals surface area contributed by atoms with Crippen molar-refractivity contribution in [1.29, 1.82) is 0 Å². The second-order valence-corrected chi connectivity index (χ2v) is 5.12. The number of carbonyl (C=O) groups excluding carboxylic acids is 1. The van der Waals surface area contributed by atoms with E-state index in [-0.39, 0.29) is 6.92 Å². The number of benzene rings is 2. The van der Waals surface area contributed by atoms with E-state index in [0.29, 0.717) is 10.6 Å². The number of hydrogen-bond acceptors (Lipinski definition) is 2. The molecule has 0 saturated heterocycles. The average Bonchev–Trinajstić information content (AvgIpc) is 2.45. The Bertz CT molecular complexity index is 651. The van der Waals surface area contributed by atoms with E-state index < -0.39 is 18.2 Å². The molecule has 0 saturated carbocycles. The van der Waals surface area contributed by atoms with Crippen LogP contribution in [0.2, 0.25) is 5.02 Å². The maximum atomic E-state index is 11.1. The minimum Gasteiger partial charge on any atom is -0.378 e. The van der Waals surface area contributed by atoms with Gasteiger partial charge in [0, 0.05) is 11.9 Å². The Balaban J connectivity index is 0.000000463. The molecule has 3 N–H and O–H groups in total. The molecule has 0 radical (unpaired) electrons. The normalized spacial score (nSPS) is 12.1. The van der Waals surface area contributed by atoms with Crippen molar-refractivity contribution < 1.29 is 23.1 Å². The molecule has 0 aliphatic carbocycles. The molecule has 0 bridgehead atoms. The topological polar surface area (TPSA) is 63.3 Å². The molecule has 0 heterocycles. The number of rotatable bonds is 3. The number of hydrogen-bond donors (Lipinski definition) is 2. The third-order valence-corrected chi connectivity index (χ3v) is 2.93. The summed E-state index contributed by atoms with van der Waals surface area (Å²) in [6.07, 6.45) is -5.31. The molecule has 0 spiro atoms. The number of aliphatic hydroxyl groups is 1. The zero-order valence-corrected chi connectivity index (χ0v) is 12.9. The minimum absolute atomic E-state index is 0.188. The maximum absolute atomic E-state index is 11.1. The van der Waals surface area contributed by atoms with Crippen LogP contribution in [0.5, 0.6) is 0 Å². The maximum Gasteiger partial charge on any atom is 0.386 e. The number of amides is 1. The van der Waals surface area contributed by atoms with E-state index in [1.54, 1.807) is 24.3 Å². The molecule has 124 valence electrons. The minimum atomic E-state index is -4.00. The van der Waals surface area contributed by atoms with Crippen LogP contribution in [0.3, 0.4) is 0 Å². The van der Waals surface area contributed by atoms with Crippen LogP contribution in [0, 0.1) is 0 Å². The summed E-state index contributed by atoms with van der Waals surface area (Å²) in [4.78, 5) is 11.1. The molecule has 0 aliphatic heterocycles. The Hall–Kier alpha value is -2.05. The molecule has 1 amide bonds. The molecule has 2 rings (SSSR count). The molecule has 23 heavy (non-hydrogen) atoms. The standard InChI is InChI=1S/C14H12ClNO2.C2H3F3/c15-10-7-5-9(6-8-10)11-3-1-2-4-12(11)13(17)14(16)18;1-2(3,4)5/h1-8,13,17H,(H2,16,18);1H3. The van der Waals surface area contributed by atoms with Crippen LogP contribution in [-0.2, 0) is 4.79 Å². The van der Waals surface area contributed by atoms with E-state index in [0.717, 1.165) is 11.1 Å². The first-order chi connectivity index (χ1) is 10.6. The van der Waals surface area contributed by atoms with Crippen molar-refractivity contribution in [1.82, 2.24) is 0 Å². The average molecular weight is 346 g/mol. The van der Waals surface area contributed by atoms with Crippen molar-refractivity contribution in [3.05, 3.63) is 59.1 Å². The summed E-state index contributed by atoms with van der Waals surface area (Å²) in [7, 11) is 0. The monoisotopic (exact) mass is 345 g/mol. The summed E-state index contributed by atoms with van der Waals surface area (Å²) in [5.41, 5.74) is 7.26. The largest absolute Gasteiger partial charge is 0.386 e. The second-order valence-electron chi connectivity index (χ2n) is 4.68. The van der Waals surface area contributed by atoms with Crippen molar-refractivity contribution in [2.45, 2.75) is 19.2 Å². The molecule has 1 atom stereocenters. The van der Waals surface area contributed by atoms with E-state index in [1.807, 2.05) is 24.3 Å². The van der Waals surface area contributed by atoms with Gasteiger partial charge in [0.05, 0.1) is 0 Å². The first-order valence-corrected chi connectivity index (χ1v) is 6.86. The van der Waals surface area contributed by atoms with Gasteiger partial charge in [-0.3, -0.25) is 4.79 Å². The highest BCUT2D eigenvalue weighted by atomic mass is 35.5. The molecule has 0 aromatic heterocycles. The fraction of sp³-hybridized carbons (Fsp3) is 0.188. The number of alkyl halides is 3. The van der Waals surface area contributed by atoms with Crippen LogP contribution in [0.25, 0.3) is 11.1 Å². The van der Waals surface area contributed by atoms with Crippen LogP contribution >= 0.6 is 11.6 Å². The lowest BCUT2D eigenvalue weighted by Gasteiger charge is -2.13. The predicted molar refractivity (Wildman–Crippen MR) is 82.8 cm³/mol. The van der Waals surface area contributed by atoms with Crippen LogP contribution in [0.15, 0.2) is 48.5 Å². The van der Waals surface area contributed by atoms with Crippen molar-refractivity contribution >= 4 is 17.5 Å². The number of carbonyl (C=O) groups is 1. The molecular weight excluding hydrogens is 331 g/mol. The molecule has 0 fully saturated rings. The van der Waals surface area contributed by atoms with Crippen molar-refractivity contribution in [3.8, 4) is 11.1 Å². The molecule has 7 heteroatoms. The van der Waals surface area contributed by atoms with E-state index in [1.165, 1.54) is 0 Å². The lowest BCUT2D eigenvalue weighted by molar-refractivity contribution is -0.126. The van der Waals surface area contributed by atoms with Gasteiger partial charge < -0.3 is 10.8 Å². The highest BCUT2D eigenvalue weighted by molar-refractivity contribution is 6.30. The smallest absolute Gasteiger partial charge is 0.378 e. The van der Waals surface area contributed by atoms with E-state index in [2.05, 4.69) is 0 Å². The van der Waals surface area contributed by atoms with Gasteiger partial charge in [-0.05, 0) is 28.8 Å². The Morgan fingerprint density at radius 1 is 1.13 bits per heavy atom. The molecule has 0 aliphatic rings. The highest BCUT2D eigenvalue weighted by Crippen LogP contribution is 2.29. The van der Waals surface area contributed by atoms with Gasteiger partial charge >= 0.3 is 6.18 Å². The fourth-order valence-corrected chi connectivity index (χ4v) is 1.91. The third-order valence-electron chi connectivity index (χ3n) is 2.68. The first-order valence-electron chi connectivity index (χ1n) is 6.48. The summed E-state index contributed by atoms with van der Waals surface area (Å²) in [5, 5.41) is 10.4. The van der Waals surface area contributed by atoms with Crippen LogP contribution in [0.4, 0.5) is 13.2 Å². The van der Waals surface area contributed by atoms with Crippen molar-refractivity contribution in [2.75, 3.05) is 0 Å². The SMILES string of the molecule is CC(F)(F)F.NC(=O)C(O)c1ccccc1-c1ccc(Cl)cc1. The third kappa shape index (κ3) is 6.71. The van der Waals surface area contributed by atoms with Crippen LogP contribution < -0.4 is 5.73 Å². The van der Waals surface area contributed by atoms with Gasteiger partial charge in [-0.1, -0.05) is 48.0 Å². The molecule has 2 aromatic carbocycles. The molecule has 1 unspecified atom stereocenters. The lowest BCUT2D eigenvalue weighted by Crippen LogP contribution is -2.21. The van der Waals surface area contributed by atoms with Gasteiger partial charge in [-0.2, -0.15) is 13.2 Å². The predicted octanol–water partition coefficient (Wildman–Crippen LogP) is 4.09.